The Hall–Kier alpha value is -0.420. The standard InChI is InChI=1S/C16H32N2O2S/c1-5-21-12-6-11-17-13-7-9-14(10-8-13)18-15(19)20-16(2,3)4/h13-14,17H,5-12H2,1-4H3,(H,18,19). The molecule has 0 spiro atoms. The molecule has 1 aliphatic carbocycles. The summed E-state index contributed by atoms with van der Waals surface area (Å²) >= 11 is 2.00. The van der Waals surface area contributed by atoms with Gasteiger partial charge in [0.2, 0.25) is 0 Å². The lowest BCUT2D eigenvalue weighted by Gasteiger charge is -2.30. The second-order valence-corrected chi connectivity index (χ2v) is 8.09. The van der Waals surface area contributed by atoms with Gasteiger partial charge in [-0.3, -0.25) is 0 Å². The Bertz CT molecular complexity index is 297. The molecule has 2 N–H and O–H groups in total. The summed E-state index contributed by atoms with van der Waals surface area (Å²) in [6.45, 7) is 9.00. The number of hydrogen-bond donors (Lipinski definition) is 2. The molecule has 1 fully saturated rings. The van der Waals surface area contributed by atoms with E-state index < -0.39 is 5.60 Å². The number of hydrogen-bond acceptors (Lipinski definition) is 4. The van der Waals surface area contributed by atoms with E-state index in [4.69, 9.17) is 4.74 Å². The second-order valence-electron chi connectivity index (χ2n) is 6.70. The fraction of sp³-hybridized carbons (Fsp3) is 0.938. The van der Waals surface area contributed by atoms with Crippen molar-refractivity contribution < 1.29 is 9.53 Å². The van der Waals surface area contributed by atoms with Crippen LogP contribution >= 0.6 is 11.8 Å². The third-order valence-electron chi connectivity index (χ3n) is 3.55. The van der Waals surface area contributed by atoms with Crippen LogP contribution in [0.1, 0.15) is 59.8 Å². The van der Waals surface area contributed by atoms with E-state index in [0.29, 0.717) is 6.04 Å². The quantitative estimate of drug-likeness (QED) is 0.705. The Kier molecular flexibility index (Phi) is 8.49. The van der Waals surface area contributed by atoms with E-state index in [0.717, 1.165) is 32.2 Å². The van der Waals surface area contributed by atoms with Gasteiger partial charge in [-0.05, 0) is 70.9 Å². The van der Waals surface area contributed by atoms with Crippen LogP contribution in [-0.4, -0.2) is 41.8 Å². The van der Waals surface area contributed by atoms with Gasteiger partial charge in [-0.2, -0.15) is 11.8 Å². The molecule has 5 heteroatoms. The maximum Gasteiger partial charge on any atom is 0.407 e. The molecular formula is C16H32N2O2S. The highest BCUT2D eigenvalue weighted by atomic mass is 32.2. The lowest BCUT2D eigenvalue weighted by molar-refractivity contribution is 0.0490. The van der Waals surface area contributed by atoms with Crippen LogP contribution in [0.5, 0.6) is 0 Å². The molecule has 0 unspecified atom stereocenters. The highest BCUT2D eigenvalue weighted by Crippen LogP contribution is 2.19. The highest BCUT2D eigenvalue weighted by Gasteiger charge is 2.24. The molecular weight excluding hydrogens is 284 g/mol. The molecule has 0 radical (unpaired) electrons. The monoisotopic (exact) mass is 316 g/mol. The average Bonchev–Trinajstić information content (AvgIpc) is 2.38. The van der Waals surface area contributed by atoms with Gasteiger partial charge in [-0.15, -0.1) is 0 Å². The van der Waals surface area contributed by atoms with E-state index >= 15 is 0 Å². The zero-order valence-corrected chi connectivity index (χ0v) is 14.9. The molecule has 0 heterocycles. The van der Waals surface area contributed by atoms with Crippen LogP contribution in [0.3, 0.4) is 0 Å². The van der Waals surface area contributed by atoms with Crippen molar-refractivity contribution in [3.8, 4) is 0 Å². The summed E-state index contributed by atoms with van der Waals surface area (Å²) in [4.78, 5) is 11.7. The topological polar surface area (TPSA) is 50.4 Å². The van der Waals surface area contributed by atoms with E-state index in [1.165, 1.54) is 17.9 Å². The van der Waals surface area contributed by atoms with Crippen molar-refractivity contribution >= 4 is 17.9 Å². The molecule has 1 rings (SSSR count). The lowest BCUT2D eigenvalue weighted by Crippen LogP contribution is -2.44. The van der Waals surface area contributed by atoms with Gasteiger partial charge in [-0.25, -0.2) is 4.79 Å². The van der Waals surface area contributed by atoms with Crippen LogP contribution in [0.25, 0.3) is 0 Å². The highest BCUT2D eigenvalue weighted by molar-refractivity contribution is 7.99. The minimum atomic E-state index is -0.417. The molecule has 4 nitrogen and oxygen atoms in total. The van der Waals surface area contributed by atoms with Gasteiger partial charge in [0, 0.05) is 12.1 Å². The third kappa shape index (κ3) is 9.25. The zero-order chi connectivity index (χ0) is 15.7. The molecule has 0 aromatic heterocycles. The van der Waals surface area contributed by atoms with Gasteiger partial charge in [0.15, 0.2) is 0 Å². The lowest BCUT2D eigenvalue weighted by atomic mass is 9.91. The van der Waals surface area contributed by atoms with E-state index in [-0.39, 0.29) is 12.1 Å². The van der Waals surface area contributed by atoms with Crippen LogP contribution in [0, 0.1) is 0 Å². The van der Waals surface area contributed by atoms with Crippen LogP contribution < -0.4 is 10.6 Å². The van der Waals surface area contributed by atoms with Crippen LogP contribution in [-0.2, 0) is 4.74 Å². The molecule has 1 amide bonds. The van der Waals surface area contributed by atoms with E-state index in [9.17, 15) is 4.79 Å². The number of ether oxygens (including phenoxy) is 1. The number of nitrogens with one attached hydrogen (secondary N) is 2. The maximum absolute atomic E-state index is 11.7. The first-order chi connectivity index (χ1) is 9.90. The van der Waals surface area contributed by atoms with E-state index in [2.05, 4.69) is 17.6 Å². The van der Waals surface area contributed by atoms with Gasteiger partial charge in [0.1, 0.15) is 5.60 Å². The van der Waals surface area contributed by atoms with E-state index in [1.54, 1.807) is 0 Å². The smallest absolute Gasteiger partial charge is 0.407 e. The normalized spacial score (nSPS) is 22.9. The summed E-state index contributed by atoms with van der Waals surface area (Å²) in [5.74, 6) is 2.46. The fourth-order valence-corrected chi connectivity index (χ4v) is 3.18. The first-order valence-electron chi connectivity index (χ1n) is 8.21. The van der Waals surface area contributed by atoms with Gasteiger partial charge in [0.05, 0.1) is 0 Å². The Morgan fingerprint density at radius 2 is 1.81 bits per heavy atom. The van der Waals surface area contributed by atoms with Crippen molar-refractivity contribution in [2.75, 3.05) is 18.1 Å². The first kappa shape index (κ1) is 18.6. The predicted octanol–water partition coefficient (Wildman–Crippen LogP) is 3.56. The Morgan fingerprint density at radius 1 is 1.19 bits per heavy atom. The zero-order valence-electron chi connectivity index (χ0n) is 14.0. The minimum absolute atomic E-state index is 0.272. The SMILES string of the molecule is CCSCCCNC1CCC(NC(=O)OC(C)(C)C)CC1. The van der Waals surface area contributed by atoms with Crippen molar-refractivity contribution in [1.29, 1.82) is 0 Å². The summed E-state index contributed by atoms with van der Waals surface area (Å²) in [6.07, 6.45) is 5.33. The Morgan fingerprint density at radius 3 is 2.38 bits per heavy atom. The molecule has 0 aromatic carbocycles. The molecule has 0 aromatic rings. The van der Waals surface area contributed by atoms with Crippen molar-refractivity contribution in [2.24, 2.45) is 0 Å². The summed E-state index contributed by atoms with van der Waals surface area (Å²) in [7, 11) is 0. The first-order valence-corrected chi connectivity index (χ1v) is 9.37. The number of thioether (sulfide) groups is 1. The summed E-state index contributed by atoms with van der Waals surface area (Å²) in [5, 5.41) is 6.62. The maximum atomic E-state index is 11.7. The van der Waals surface area contributed by atoms with Gasteiger partial charge in [0.25, 0.3) is 0 Å². The van der Waals surface area contributed by atoms with E-state index in [1.807, 2.05) is 32.5 Å². The average molecular weight is 317 g/mol. The van der Waals surface area contributed by atoms with Crippen LogP contribution in [0.2, 0.25) is 0 Å². The fourth-order valence-electron chi connectivity index (χ4n) is 2.54. The summed E-state index contributed by atoms with van der Waals surface area (Å²) in [5.41, 5.74) is -0.417. The Balaban J connectivity index is 2.10. The van der Waals surface area contributed by atoms with Crippen molar-refractivity contribution in [2.45, 2.75) is 77.5 Å². The molecule has 0 bridgehead atoms. The summed E-state index contributed by atoms with van der Waals surface area (Å²) < 4.78 is 5.30. The van der Waals surface area contributed by atoms with Crippen LogP contribution in [0.4, 0.5) is 4.79 Å². The van der Waals surface area contributed by atoms with Crippen molar-refractivity contribution in [1.82, 2.24) is 10.6 Å². The molecule has 1 saturated carbocycles. The molecule has 124 valence electrons. The second kappa shape index (κ2) is 9.57. The van der Waals surface area contributed by atoms with Crippen molar-refractivity contribution in [3.63, 3.8) is 0 Å². The number of rotatable bonds is 7. The van der Waals surface area contributed by atoms with Crippen LogP contribution in [0.15, 0.2) is 0 Å². The number of carbonyl (C=O) groups excluding carboxylic acids is 1. The third-order valence-corrected chi connectivity index (χ3v) is 4.54. The Labute approximate surface area is 134 Å². The molecule has 0 saturated heterocycles. The predicted molar refractivity (Wildman–Crippen MR) is 91.0 cm³/mol. The summed E-state index contributed by atoms with van der Waals surface area (Å²) in [6, 6.07) is 0.891. The molecule has 0 atom stereocenters. The van der Waals surface area contributed by atoms with Gasteiger partial charge in [-0.1, -0.05) is 6.92 Å². The van der Waals surface area contributed by atoms with Gasteiger partial charge >= 0.3 is 6.09 Å². The number of alkyl carbamates (subject to hydrolysis) is 1. The molecule has 21 heavy (non-hydrogen) atoms. The number of carbonyl (C=O) groups is 1. The molecule has 1 aliphatic rings. The van der Waals surface area contributed by atoms with Gasteiger partial charge < -0.3 is 15.4 Å². The molecule has 0 aliphatic heterocycles. The largest absolute Gasteiger partial charge is 0.444 e. The number of amides is 1. The van der Waals surface area contributed by atoms with Crippen molar-refractivity contribution in [3.05, 3.63) is 0 Å². The minimum Gasteiger partial charge on any atom is -0.444 e.